The van der Waals surface area contributed by atoms with Crippen LogP contribution >= 0.6 is 0 Å². The third-order valence-corrected chi connectivity index (χ3v) is 5.61. The Hall–Kier alpha value is -3.83. The summed E-state index contributed by atoms with van der Waals surface area (Å²) in [7, 11) is 1.85. The Morgan fingerprint density at radius 2 is 2.06 bits per heavy atom. The minimum absolute atomic E-state index is 0.335. The largest absolute Gasteiger partial charge is 0.486 e. The van der Waals surface area contributed by atoms with Crippen molar-refractivity contribution < 1.29 is 14.3 Å². The van der Waals surface area contributed by atoms with Gasteiger partial charge in [-0.3, -0.25) is 4.79 Å². The second-order valence-electron chi connectivity index (χ2n) is 7.47. The molecule has 0 saturated carbocycles. The van der Waals surface area contributed by atoms with E-state index in [1.165, 1.54) is 0 Å². The lowest BCUT2D eigenvalue weighted by Crippen LogP contribution is -2.24. The van der Waals surface area contributed by atoms with E-state index >= 15 is 0 Å². The first-order chi connectivity index (χ1) is 15.2. The van der Waals surface area contributed by atoms with E-state index in [9.17, 15) is 10.1 Å². The topological polar surface area (TPSA) is 101 Å². The standard InChI is InChI=1S/C23H21N5O3/c1-28-19-7-8-25-13-18(19)26-22(28)23(29)27-17-4-2-3-15(16(17)12-24)14-5-6-20-21(11-14)31-10-9-30-20/h2-6,11,25H,7-10,13H2,1H3,(H,27,29). The summed E-state index contributed by atoms with van der Waals surface area (Å²) in [5.74, 6) is 1.33. The normalized spacial score (nSPS) is 14.5. The molecular formula is C23H21N5O3. The number of ether oxygens (including phenoxy) is 2. The first kappa shape index (κ1) is 19.2. The van der Waals surface area contributed by atoms with Crippen LogP contribution in [-0.2, 0) is 20.0 Å². The van der Waals surface area contributed by atoms with Crippen molar-refractivity contribution in [3.63, 3.8) is 0 Å². The van der Waals surface area contributed by atoms with Crippen molar-refractivity contribution in [2.45, 2.75) is 13.0 Å². The van der Waals surface area contributed by atoms with Gasteiger partial charge in [-0.1, -0.05) is 18.2 Å². The van der Waals surface area contributed by atoms with Gasteiger partial charge in [-0.25, -0.2) is 4.98 Å². The Kier molecular flexibility index (Phi) is 4.81. The number of nitrogens with one attached hydrogen (secondary N) is 2. The molecule has 2 aromatic carbocycles. The number of nitriles is 1. The molecular weight excluding hydrogens is 394 g/mol. The number of carbonyl (C=O) groups is 1. The second kappa shape index (κ2) is 7.78. The number of imidazole rings is 1. The third kappa shape index (κ3) is 3.39. The minimum atomic E-state index is -0.340. The molecule has 156 valence electrons. The maximum absolute atomic E-state index is 13.0. The molecule has 3 aromatic rings. The Balaban J connectivity index is 1.48. The van der Waals surface area contributed by atoms with E-state index in [0.29, 0.717) is 53.9 Å². The van der Waals surface area contributed by atoms with Crippen LogP contribution in [0.5, 0.6) is 11.5 Å². The van der Waals surface area contributed by atoms with Gasteiger partial charge in [0.2, 0.25) is 0 Å². The number of fused-ring (bicyclic) bond motifs is 2. The molecule has 2 aliphatic rings. The summed E-state index contributed by atoms with van der Waals surface area (Å²) in [4.78, 5) is 17.5. The zero-order valence-corrected chi connectivity index (χ0v) is 17.1. The van der Waals surface area contributed by atoms with Crippen molar-refractivity contribution in [2.24, 2.45) is 7.05 Å². The summed E-state index contributed by atoms with van der Waals surface area (Å²) in [6.45, 7) is 2.52. The van der Waals surface area contributed by atoms with E-state index < -0.39 is 0 Å². The summed E-state index contributed by atoms with van der Waals surface area (Å²) in [5.41, 5.74) is 4.31. The van der Waals surface area contributed by atoms with Crippen LogP contribution in [0.2, 0.25) is 0 Å². The van der Waals surface area contributed by atoms with Gasteiger partial charge in [-0.2, -0.15) is 5.26 Å². The minimum Gasteiger partial charge on any atom is -0.486 e. The summed E-state index contributed by atoms with van der Waals surface area (Å²) in [5, 5.41) is 16.0. The Morgan fingerprint density at radius 1 is 1.23 bits per heavy atom. The lowest BCUT2D eigenvalue weighted by molar-refractivity contribution is 0.101. The highest BCUT2D eigenvalue weighted by Gasteiger charge is 2.23. The Labute approximate surface area is 179 Å². The zero-order valence-electron chi connectivity index (χ0n) is 17.1. The molecule has 8 heteroatoms. The molecule has 0 radical (unpaired) electrons. The van der Waals surface area contributed by atoms with Crippen LogP contribution in [-0.4, -0.2) is 35.2 Å². The number of benzene rings is 2. The van der Waals surface area contributed by atoms with E-state index in [1.54, 1.807) is 6.07 Å². The number of amides is 1. The Morgan fingerprint density at radius 3 is 2.87 bits per heavy atom. The lowest BCUT2D eigenvalue weighted by Gasteiger charge is -2.19. The monoisotopic (exact) mass is 415 g/mol. The second-order valence-corrected chi connectivity index (χ2v) is 7.47. The quantitative estimate of drug-likeness (QED) is 0.682. The van der Waals surface area contributed by atoms with Gasteiger partial charge < -0.3 is 24.7 Å². The highest BCUT2D eigenvalue weighted by molar-refractivity contribution is 6.03. The number of carbonyl (C=O) groups excluding carboxylic acids is 1. The smallest absolute Gasteiger partial charge is 0.291 e. The van der Waals surface area contributed by atoms with Crippen molar-refractivity contribution in [3.05, 3.63) is 59.2 Å². The third-order valence-electron chi connectivity index (χ3n) is 5.61. The van der Waals surface area contributed by atoms with Gasteiger partial charge in [0, 0.05) is 37.8 Å². The summed E-state index contributed by atoms with van der Waals surface area (Å²) in [6.07, 6.45) is 0.829. The molecule has 0 saturated heterocycles. The average Bonchev–Trinajstić information content (AvgIpc) is 3.15. The maximum Gasteiger partial charge on any atom is 0.291 e. The summed E-state index contributed by atoms with van der Waals surface area (Å²) < 4.78 is 13.1. The van der Waals surface area contributed by atoms with Crippen LogP contribution in [0.25, 0.3) is 11.1 Å². The molecule has 31 heavy (non-hydrogen) atoms. The molecule has 1 amide bonds. The molecule has 2 aliphatic heterocycles. The molecule has 0 fully saturated rings. The van der Waals surface area contributed by atoms with Gasteiger partial charge in [0.05, 0.1) is 16.9 Å². The van der Waals surface area contributed by atoms with Gasteiger partial charge in [0.15, 0.2) is 17.3 Å². The molecule has 8 nitrogen and oxygen atoms in total. The van der Waals surface area contributed by atoms with E-state index in [4.69, 9.17) is 9.47 Å². The molecule has 1 aromatic heterocycles. The van der Waals surface area contributed by atoms with Crippen molar-refractivity contribution in [1.29, 1.82) is 5.26 Å². The number of nitrogens with zero attached hydrogens (tertiary/aromatic N) is 3. The summed E-state index contributed by atoms with van der Waals surface area (Å²) in [6, 6.07) is 13.2. The van der Waals surface area contributed by atoms with Gasteiger partial charge in [-0.05, 0) is 23.8 Å². The highest BCUT2D eigenvalue weighted by Crippen LogP contribution is 2.37. The lowest BCUT2D eigenvalue weighted by atomic mass is 9.98. The summed E-state index contributed by atoms with van der Waals surface area (Å²) >= 11 is 0. The van der Waals surface area contributed by atoms with Crippen LogP contribution < -0.4 is 20.1 Å². The van der Waals surface area contributed by atoms with Crippen LogP contribution in [0.15, 0.2) is 36.4 Å². The zero-order chi connectivity index (χ0) is 21.4. The fraction of sp³-hybridized carbons (Fsp3) is 0.261. The van der Waals surface area contributed by atoms with Crippen LogP contribution in [0.4, 0.5) is 5.69 Å². The molecule has 0 atom stereocenters. The van der Waals surface area contributed by atoms with Crippen LogP contribution in [0.1, 0.15) is 27.6 Å². The number of hydrogen-bond donors (Lipinski definition) is 2. The van der Waals surface area contributed by atoms with Gasteiger partial charge >= 0.3 is 0 Å². The van der Waals surface area contributed by atoms with Crippen molar-refractivity contribution >= 4 is 11.6 Å². The number of aromatic nitrogens is 2. The molecule has 0 spiro atoms. The number of anilines is 1. The maximum atomic E-state index is 13.0. The van der Waals surface area contributed by atoms with E-state index in [1.807, 2.05) is 41.9 Å². The molecule has 0 bridgehead atoms. The first-order valence-electron chi connectivity index (χ1n) is 10.2. The van der Waals surface area contributed by atoms with Crippen molar-refractivity contribution in [1.82, 2.24) is 14.9 Å². The number of hydrogen-bond acceptors (Lipinski definition) is 6. The van der Waals surface area contributed by atoms with Gasteiger partial charge in [-0.15, -0.1) is 0 Å². The highest BCUT2D eigenvalue weighted by atomic mass is 16.6. The molecule has 3 heterocycles. The fourth-order valence-electron chi connectivity index (χ4n) is 4.07. The van der Waals surface area contributed by atoms with E-state index in [0.717, 1.165) is 29.9 Å². The Bertz CT molecular complexity index is 1220. The molecule has 5 rings (SSSR count). The van der Waals surface area contributed by atoms with Crippen LogP contribution in [0.3, 0.4) is 0 Å². The van der Waals surface area contributed by atoms with Gasteiger partial charge in [0.25, 0.3) is 5.91 Å². The molecule has 2 N–H and O–H groups in total. The SMILES string of the molecule is Cn1c(C(=O)Nc2cccc(-c3ccc4c(c3)OCCO4)c2C#N)nc2c1CCNC2. The van der Waals surface area contributed by atoms with Gasteiger partial charge in [0.1, 0.15) is 19.3 Å². The molecule has 0 unspecified atom stereocenters. The fourth-order valence-corrected chi connectivity index (χ4v) is 4.07. The average molecular weight is 415 g/mol. The van der Waals surface area contributed by atoms with Crippen molar-refractivity contribution in [2.75, 3.05) is 25.1 Å². The number of rotatable bonds is 3. The van der Waals surface area contributed by atoms with E-state index in [2.05, 4.69) is 21.7 Å². The molecule has 0 aliphatic carbocycles. The van der Waals surface area contributed by atoms with Crippen molar-refractivity contribution in [3.8, 4) is 28.7 Å². The first-order valence-corrected chi connectivity index (χ1v) is 10.2. The predicted molar refractivity (Wildman–Crippen MR) is 114 cm³/mol. The van der Waals surface area contributed by atoms with Crippen LogP contribution in [0, 0.1) is 11.3 Å². The van der Waals surface area contributed by atoms with E-state index in [-0.39, 0.29) is 5.91 Å². The predicted octanol–water partition coefficient (Wildman–Crippen LogP) is 2.63.